The minimum absolute atomic E-state index is 0.0195. The molecule has 0 bridgehead atoms. The Balaban J connectivity index is 1.75. The molecule has 0 unspecified atom stereocenters. The normalized spacial score (nSPS) is 10.3. The number of hydrogen-bond donors (Lipinski definition) is 2. The van der Waals surface area contributed by atoms with Gasteiger partial charge in [-0.15, -0.1) is 0 Å². The smallest absolute Gasteiger partial charge is 0.224 e. The van der Waals surface area contributed by atoms with Crippen molar-refractivity contribution in [2.24, 2.45) is 0 Å². The number of rotatable bonds is 9. The zero-order valence-corrected chi connectivity index (χ0v) is 14.5. The van der Waals surface area contributed by atoms with Gasteiger partial charge in [-0.05, 0) is 29.7 Å². The second-order valence-corrected chi connectivity index (χ2v) is 5.75. The van der Waals surface area contributed by atoms with Gasteiger partial charge in [-0.2, -0.15) is 0 Å². The van der Waals surface area contributed by atoms with Crippen LogP contribution >= 0.6 is 0 Å². The van der Waals surface area contributed by atoms with Gasteiger partial charge in [0.25, 0.3) is 0 Å². The van der Waals surface area contributed by atoms with Gasteiger partial charge >= 0.3 is 0 Å². The molecule has 5 heteroatoms. The van der Waals surface area contributed by atoms with Crippen LogP contribution in [-0.4, -0.2) is 32.1 Å². The van der Waals surface area contributed by atoms with E-state index in [4.69, 9.17) is 4.74 Å². The fourth-order valence-corrected chi connectivity index (χ4v) is 2.37. The van der Waals surface area contributed by atoms with Gasteiger partial charge in [-0.3, -0.25) is 9.59 Å². The zero-order chi connectivity index (χ0) is 17.9. The third-order valence-electron chi connectivity index (χ3n) is 3.71. The summed E-state index contributed by atoms with van der Waals surface area (Å²) in [6, 6.07) is 17.3. The van der Waals surface area contributed by atoms with E-state index in [1.807, 2.05) is 54.6 Å². The number of hydrogen-bond acceptors (Lipinski definition) is 3. The molecule has 0 aliphatic rings. The summed E-state index contributed by atoms with van der Waals surface area (Å²) >= 11 is 0. The molecule has 2 aromatic carbocycles. The molecule has 0 radical (unpaired) electrons. The van der Waals surface area contributed by atoms with E-state index in [9.17, 15) is 9.59 Å². The van der Waals surface area contributed by atoms with Crippen LogP contribution in [-0.2, 0) is 27.2 Å². The summed E-state index contributed by atoms with van der Waals surface area (Å²) in [5.74, 6) is -0.0643. The highest BCUT2D eigenvalue weighted by Gasteiger charge is 2.05. The van der Waals surface area contributed by atoms with E-state index in [0.29, 0.717) is 32.4 Å². The number of ether oxygens (including phenoxy) is 1. The van der Waals surface area contributed by atoms with Gasteiger partial charge < -0.3 is 15.4 Å². The standard InChI is InChI=1S/C20H24N2O3/c1-25-14-13-21-20(24)15-17-7-10-18(11-8-17)22-19(23)12-9-16-5-3-2-4-6-16/h2-8,10-11H,9,12-15H2,1H3,(H,21,24)(H,22,23). The molecule has 132 valence electrons. The lowest BCUT2D eigenvalue weighted by atomic mass is 10.1. The molecule has 2 amide bonds. The van der Waals surface area contributed by atoms with E-state index in [1.165, 1.54) is 0 Å². The van der Waals surface area contributed by atoms with Crippen LogP contribution in [0.5, 0.6) is 0 Å². The Bertz CT molecular complexity index is 669. The molecule has 0 saturated heterocycles. The molecule has 0 atom stereocenters. The van der Waals surface area contributed by atoms with Crippen molar-refractivity contribution in [3.63, 3.8) is 0 Å². The van der Waals surface area contributed by atoms with Crippen molar-refractivity contribution in [1.82, 2.24) is 5.32 Å². The first kappa shape index (κ1) is 18.7. The van der Waals surface area contributed by atoms with Gasteiger partial charge in [0.15, 0.2) is 0 Å². The topological polar surface area (TPSA) is 67.4 Å². The van der Waals surface area contributed by atoms with Gasteiger partial charge in [-0.1, -0.05) is 42.5 Å². The molecule has 2 rings (SSSR count). The van der Waals surface area contributed by atoms with Crippen molar-refractivity contribution in [3.8, 4) is 0 Å². The number of benzene rings is 2. The van der Waals surface area contributed by atoms with Crippen LogP contribution in [0.15, 0.2) is 54.6 Å². The van der Waals surface area contributed by atoms with Crippen molar-refractivity contribution < 1.29 is 14.3 Å². The molecule has 0 saturated carbocycles. The molecular weight excluding hydrogens is 316 g/mol. The first-order valence-electron chi connectivity index (χ1n) is 8.35. The van der Waals surface area contributed by atoms with Gasteiger partial charge in [0.05, 0.1) is 13.0 Å². The fraction of sp³-hybridized carbons (Fsp3) is 0.300. The highest BCUT2D eigenvalue weighted by molar-refractivity contribution is 5.90. The Labute approximate surface area is 148 Å². The van der Waals surface area contributed by atoms with Crippen molar-refractivity contribution in [2.45, 2.75) is 19.3 Å². The van der Waals surface area contributed by atoms with Crippen LogP contribution in [0.1, 0.15) is 17.5 Å². The Morgan fingerprint density at radius 3 is 2.32 bits per heavy atom. The number of anilines is 1. The largest absolute Gasteiger partial charge is 0.383 e. The molecule has 0 aromatic heterocycles. The van der Waals surface area contributed by atoms with Crippen molar-refractivity contribution in [1.29, 1.82) is 0 Å². The average Bonchev–Trinajstić information content (AvgIpc) is 2.63. The van der Waals surface area contributed by atoms with E-state index in [0.717, 1.165) is 16.8 Å². The molecule has 0 heterocycles. The summed E-state index contributed by atoms with van der Waals surface area (Å²) in [5, 5.41) is 5.66. The number of aryl methyl sites for hydroxylation is 1. The maximum Gasteiger partial charge on any atom is 0.224 e. The average molecular weight is 340 g/mol. The Kier molecular flexibility index (Phi) is 7.66. The highest BCUT2D eigenvalue weighted by atomic mass is 16.5. The molecule has 0 spiro atoms. The molecule has 0 aliphatic carbocycles. The summed E-state index contributed by atoms with van der Waals surface area (Å²) in [7, 11) is 1.60. The number of carbonyl (C=O) groups excluding carboxylic acids is 2. The SMILES string of the molecule is COCCNC(=O)Cc1ccc(NC(=O)CCc2ccccc2)cc1. The zero-order valence-electron chi connectivity index (χ0n) is 14.5. The molecular formula is C20H24N2O3. The summed E-state index contributed by atoms with van der Waals surface area (Å²) in [6.07, 6.45) is 1.46. The molecule has 0 aliphatic heterocycles. The fourth-order valence-electron chi connectivity index (χ4n) is 2.37. The predicted octanol–water partition coefficient (Wildman–Crippen LogP) is 2.56. The summed E-state index contributed by atoms with van der Waals surface area (Å²) in [5.41, 5.74) is 2.78. The molecule has 2 N–H and O–H groups in total. The van der Waals surface area contributed by atoms with E-state index in [-0.39, 0.29) is 11.8 Å². The third kappa shape index (κ3) is 7.18. The second-order valence-electron chi connectivity index (χ2n) is 5.75. The maximum absolute atomic E-state index is 12.0. The minimum Gasteiger partial charge on any atom is -0.383 e. The lowest BCUT2D eigenvalue weighted by Crippen LogP contribution is -2.28. The third-order valence-corrected chi connectivity index (χ3v) is 3.71. The van der Waals surface area contributed by atoms with Crippen LogP contribution in [0.4, 0.5) is 5.69 Å². The van der Waals surface area contributed by atoms with Gasteiger partial charge in [0, 0.05) is 25.8 Å². The number of carbonyl (C=O) groups is 2. The monoisotopic (exact) mass is 340 g/mol. The first-order valence-corrected chi connectivity index (χ1v) is 8.35. The van der Waals surface area contributed by atoms with E-state index in [1.54, 1.807) is 7.11 Å². The number of amides is 2. The minimum atomic E-state index is -0.0447. The van der Waals surface area contributed by atoms with Gasteiger partial charge in [0.1, 0.15) is 0 Å². The number of nitrogens with one attached hydrogen (secondary N) is 2. The van der Waals surface area contributed by atoms with Crippen LogP contribution in [0.25, 0.3) is 0 Å². The van der Waals surface area contributed by atoms with Crippen molar-refractivity contribution >= 4 is 17.5 Å². The molecule has 25 heavy (non-hydrogen) atoms. The quantitative estimate of drug-likeness (QED) is 0.690. The Hall–Kier alpha value is -2.66. The van der Waals surface area contributed by atoms with Crippen molar-refractivity contribution in [2.75, 3.05) is 25.6 Å². The van der Waals surface area contributed by atoms with Crippen LogP contribution < -0.4 is 10.6 Å². The molecule has 0 fully saturated rings. The Morgan fingerprint density at radius 1 is 0.920 bits per heavy atom. The van der Waals surface area contributed by atoms with E-state index < -0.39 is 0 Å². The van der Waals surface area contributed by atoms with Crippen LogP contribution in [0.3, 0.4) is 0 Å². The lowest BCUT2D eigenvalue weighted by Gasteiger charge is -2.07. The van der Waals surface area contributed by atoms with Crippen LogP contribution in [0, 0.1) is 0 Å². The van der Waals surface area contributed by atoms with E-state index in [2.05, 4.69) is 10.6 Å². The summed E-state index contributed by atoms with van der Waals surface area (Å²) in [6.45, 7) is 1.00. The molecule has 2 aromatic rings. The van der Waals surface area contributed by atoms with Crippen LogP contribution in [0.2, 0.25) is 0 Å². The second kappa shape index (κ2) is 10.3. The Morgan fingerprint density at radius 2 is 1.64 bits per heavy atom. The van der Waals surface area contributed by atoms with Gasteiger partial charge in [0.2, 0.25) is 11.8 Å². The highest BCUT2D eigenvalue weighted by Crippen LogP contribution is 2.11. The summed E-state index contributed by atoms with van der Waals surface area (Å²) in [4.78, 5) is 23.7. The maximum atomic E-state index is 12.0. The first-order chi connectivity index (χ1) is 12.2. The van der Waals surface area contributed by atoms with Gasteiger partial charge in [-0.25, -0.2) is 0 Å². The predicted molar refractivity (Wildman–Crippen MR) is 98.4 cm³/mol. The molecule has 5 nitrogen and oxygen atoms in total. The van der Waals surface area contributed by atoms with E-state index >= 15 is 0 Å². The lowest BCUT2D eigenvalue weighted by molar-refractivity contribution is -0.120. The summed E-state index contributed by atoms with van der Waals surface area (Å²) < 4.78 is 4.89. The number of methoxy groups -OCH3 is 1. The van der Waals surface area contributed by atoms with Crippen molar-refractivity contribution in [3.05, 3.63) is 65.7 Å².